The standard InChI is InChI=1S/C22H21ClN2O3S/c23-19-11-13-20(14-12-19)29(27,28)25(16-15-17-7-3-1-4-8-17)21(22(24)26)18-9-5-2-6-10-18/h1-14,21H,15-16H2,(H2,24,26). The molecular formula is C22H21ClN2O3S. The summed E-state index contributed by atoms with van der Waals surface area (Å²) in [5.74, 6) is -0.734. The van der Waals surface area contributed by atoms with E-state index in [-0.39, 0.29) is 11.4 Å². The fourth-order valence-corrected chi connectivity index (χ4v) is 4.83. The van der Waals surface area contributed by atoms with Crippen LogP contribution in [0.3, 0.4) is 0 Å². The van der Waals surface area contributed by atoms with Gasteiger partial charge < -0.3 is 5.73 Å². The molecule has 1 atom stereocenters. The van der Waals surface area contributed by atoms with Crippen molar-refractivity contribution in [3.63, 3.8) is 0 Å². The van der Waals surface area contributed by atoms with E-state index in [1.165, 1.54) is 28.6 Å². The monoisotopic (exact) mass is 428 g/mol. The Kier molecular flexibility index (Phi) is 6.69. The zero-order chi connectivity index (χ0) is 20.9. The molecule has 3 aromatic rings. The van der Waals surface area contributed by atoms with Crippen molar-refractivity contribution < 1.29 is 13.2 Å². The average molecular weight is 429 g/mol. The normalized spacial score (nSPS) is 12.6. The molecular weight excluding hydrogens is 408 g/mol. The van der Waals surface area contributed by atoms with E-state index >= 15 is 0 Å². The molecule has 0 heterocycles. The fraction of sp³-hybridized carbons (Fsp3) is 0.136. The summed E-state index contributed by atoms with van der Waals surface area (Å²) >= 11 is 5.91. The smallest absolute Gasteiger partial charge is 0.244 e. The predicted molar refractivity (Wildman–Crippen MR) is 114 cm³/mol. The molecule has 0 fully saturated rings. The van der Waals surface area contributed by atoms with Crippen LogP contribution in [0, 0.1) is 0 Å². The Morgan fingerprint density at radius 1 is 0.897 bits per heavy atom. The van der Waals surface area contributed by atoms with Crippen LogP contribution in [-0.4, -0.2) is 25.2 Å². The number of rotatable bonds is 8. The second kappa shape index (κ2) is 9.22. The highest BCUT2D eigenvalue weighted by Gasteiger charge is 2.35. The molecule has 0 spiro atoms. The molecule has 0 radical (unpaired) electrons. The first-order valence-corrected chi connectivity index (χ1v) is 10.9. The minimum atomic E-state index is -4.01. The predicted octanol–water partition coefficient (Wildman–Crippen LogP) is 3.80. The molecule has 0 aliphatic carbocycles. The molecule has 3 aromatic carbocycles. The maximum atomic E-state index is 13.5. The number of sulfonamides is 1. The van der Waals surface area contributed by atoms with Gasteiger partial charge in [0.25, 0.3) is 0 Å². The highest BCUT2D eigenvalue weighted by Crippen LogP contribution is 2.29. The second-order valence-corrected chi connectivity index (χ2v) is 8.85. The lowest BCUT2D eigenvalue weighted by atomic mass is 10.1. The van der Waals surface area contributed by atoms with Gasteiger partial charge in [-0.05, 0) is 41.8 Å². The van der Waals surface area contributed by atoms with Crippen LogP contribution in [0.2, 0.25) is 5.02 Å². The molecule has 0 saturated carbocycles. The first-order chi connectivity index (χ1) is 13.9. The number of nitrogens with two attached hydrogens (primary N) is 1. The van der Waals surface area contributed by atoms with Crippen LogP contribution < -0.4 is 5.73 Å². The van der Waals surface area contributed by atoms with Gasteiger partial charge in [0.1, 0.15) is 6.04 Å². The van der Waals surface area contributed by atoms with E-state index in [2.05, 4.69) is 0 Å². The highest BCUT2D eigenvalue weighted by atomic mass is 35.5. The van der Waals surface area contributed by atoms with E-state index < -0.39 is 22.0 Å². The number of carbonyl (C=O) groups is 1. The Morgan fingerprint density at radius 2 is 1.45 bits per heavy atom. The molecule has 0 aromatic heterocycles. The SMILES string of the molecule is NC(=O)C(c1ccccc1)N(CCc1ccccc1)S(=O)(=O)c1ccc(Cl)cc1. The molecule has 7 heteroatoms. The summed E-state index contributed by atoms with van der Waals surface area (Å²) < 4.78 is 28.1. The zero-order valence-corrected chi connectivity index (χ0v) is 17.2. The summed E-state index contributed by atoms with van der Waals surface area (Å²) in [5.41, 5.74) is 7.15. The van der Waals surface area contributed by atoms with Crippen LogP contribution in [-0.2, 0) is 21.2 Å². The molecule has 0 saturated heterocycles. The van der Waals surface area contributed by atoms with Gasteiger partial charge in [0.2, 0.25) is 15.9 Å². The number of amides is 1. The average Bonchev–Trinajstić information content (AvgIpc) is 2.72. The third kappa shape index (κ3) is 5.03. The maximum absolute atomic E-state index is 13.5. The lowest BCUT2D eigenvalue weighted by Gasteiger charge is -2.29. The number of carbonyl (C=O) groups excluding carboxylic acids is 1. The van der Waals surface area contributed by atoms with Gasteiger partial charge in [-0.1, -0.05) is 72.3 Å². The molecule has 150 valence electrons. The van der Waals surface area contributed by atoms with Gasteiger partial charge in [-0.25, -0.2) is 8.42 Å². The van der Waals surface area contributed by atoms with Crippen molar-refractivity contribution in [3.8, 4) is 0 Å². The summed E-state index contributed by atoms with van der Waals surface area (Å²) in [7, 11) is -4.01. The summed E-state index contributed by atoms with van der Waals surface area (Å²) in [6.45, 7) is 0.0947. The van der Waals surface area contributed by atoms with Crippen LogP contribution in [0.15, 0.2) is 89.8 Å². The molecule has 1 amide bonds. The fourth-order valence-electron chi connectivity index (χ4n) is 3.12. The van der Waals surface area contributed by atoms with Crippen molar-refractivity contribution in [2.24, 2.45) is 5.73 Å². The van der Waals surface area contributed by atoms with Crippen LogP contribution in [0.5, 0.6) is 0 Å². The summed E-state index contributed by atoms with van der Waals surface area (Å²) in [4.78, 5) is 12.4. The van der Waals surface area contributed by atoms with Crippen LogP contribution in [0.25, 0.3) is 0 Å². The van der Waals surface area contributed by atoms with Crippen molar-refractivity contribution >= 4 is 27.5 Å². The first kappa shape index (κ1) is 21.0. The third-order valence-corrected chi connectivity index (χ3v) is 6.69. The van der Waals surface area contributed by atoms with Gasteiger partial charge >= 0.3 is 0 Å². The summed E-state index contributed by atoms with van der Waals surface area (Å²) in [5, 5.41) is 0.425. The molecule has 5 nitrogen and oxygen atoms in total. The quantitative estimate of drug-likeness (QED) is 0.592. The van der Waals surface area contributed by atoms with Gasteiger partial charge in [0, 0.05) is 11.6 Å². The number of halogens is 1. The van der Waals surface area contributed by atoms with Gasteiger partial charge in [0.15, 0.2) is 0 Å². The van der Waals surface area contributed by atoms with E-state index in [4.69, 9.17) is 17.3 Å². The largest absolute Gasteiger partial charge is 0.368 e. The van der Waals surface area contributed by atoms with Crippen molar-refractivity contribution in [1.29, 1.82) is 0 Å². The van der Waals surface area contributed by atoms with Crippen molar-refractivity contribution in [2.75, 3.05) is 6.54 Å². The highest BCUT2D eigenvalue weighted by molar-refractivity contribution is 7.89. The Morgan fingerprint density at radius 3 is 2.00 bits per heavy atom. The Hall–Kier alpha value is -2.67. The number of nitrogens with zero attached hydrogens (tertiary/aromatic N) is 1. The van der Waals surface area contributed by atoms with Gasteiger partial charge in [-0.3, -0.25) is 4.79 Å². The Labute approximate surface area is 175 Å². The van der Waals surface area contributed by atoms with E-state index in [1.54, 1.807) is 30.3 Å². The summed E-state index contributed by atoms with van der Waals surface area (Å²) in [6.07, 6.45) is 0.435. The molecule has 0 aliphatic rings. The number of benzene rings is 3. The van der Waals surface area contributed by atoms with E-state index in [0.717, 1.165) is 5.56 Å². The molecule has 2 N–H and O–H groups in total. The Bertz CT molecular complexity index is 1060. The first-order valence-electron chi connectivity index (χ1n) is 9.05. The van der Waals surface area contributed by atoms with Gasteiger partial charge in [-0.15, -0.1) is 0 Å². The molecule has 0 bridgehead atoms. The topological polar surface area (TPSA) is 80.5 Å². The van der Waals surface area contributed by atoms with E-state index in [1.807, 2.05) is 30.3 Å². The third-order valence-electron chi connectivity index (χ3n) is 4.56. The van der Waals surface area contributed by atoms with Crippen molar-refractivity contribution in [1.82, 2.24) is 4.31 Å². The summed E-state index contributed by atoms with van der Waals surface area (Å²) in [6, 6.07) is 22.9. The second-order valence-electron chi connectivity index (χ2n) is 6.52. The van der Waals surface area contributed by atoms with Crippen molar-refractivity contribution in [3.05, 3.63) is 101 Å². The minimum Gasteiger partial charge on any atom is -0.368 e. The zero-order valence-electron chi connectivity index (χ0n) is 15.6. The molecule has 3 rings (SSSR count). The van der Waals surface area contributed by atoms with E-state index in [9.17, 15) is 13.2 Å². The van der Waals surface area contributed by atoms with Gasteiger partial charge in [-0.2, -0.15) is 4.31 Å². The number of hydrogen-bond donors (Lipinski definition) is 1. The van der Waals surface area contributed by atoms with Crippen LogP contribution in [0.1, 0.15) is 17.2 Å². The Balaban J connectivity index is 2.04. The van der Waals surface area contributed by atoms with E-state index in [0.29, 0.717) is 17.0 Å². The number of hydrogen-bond acceptors (Lipinski definition) is 3. The lowest BCUT2D eigenvalue weighted by Crippen LogP contribution is -2.42. The lowest BCUT2D eigenvalue weighted by molar-refractivity contribution is -0.121. The minimum absolute atomic E-state index is 0.0529. The van der Waals surface area contributed by atoms with Crippen molar-refractivity contribution in [2.45, 2.75) is 17.4 Å². The maximum Gasteiger partial charge on any atom is 0.244 e. The molecule has 0 aliphatic heterocycles. The van der Waals surface area contributed by atoms with Crippen LogP contribution in [0.4, 0.5) is 0 Å². The molecule has 29 heavy (non-hydrogen) atoms. The van der Waals surface area contributed by atoms with Crippen LogP contribution >= 0.6 is 11.6 Å². The van der Waals surface area contributed by atoms with Gasteiger partial charge in [0.05, 0.1) is 4.90 Å². The molecule has 1 unspecified atom stereocenters. The number of primary amides is 1.